The molecule has 162 valence electrons. The minimum atomic E-state index is 0.320. The average molecular weight is 436 g/mol. The molecule has 1 N–H and O–H groups in total. The SMILES string of the molecule is Cn1ccc2c(CN3CCC(NSC4CC4)[C@H]3c3ccc4c(c3)OCCO4)cccc21. The Morgan fingerprint density at radius 2 is 1.90 bits per heavy atom. The van der Waals surface area contributed by atoms with Gasteiger partial charge in [-0.1, -0.05) is 30.1 Å². The summed E-state index contributed by atoms with van der Waals surface area (Å²) in [6, 6.07) is 16.2. The van der Waals surface area contributed by atoms with Crippen molar-refractivity contribution < 1.29 is 9.47 Å². The minimum absolute atomic E-state index is 0.320. The van der Waals surface area contributed by atoms with E-state index in [4.69, 9.17) is 9.47 Å². The Hall–Kier alpha value is -2.15. The van der Waals surface area contributed by atoms with Gasteiger partial charge in [0.15, 0.2) is 11.5 Å². The van der Waals surface area contributed by atoms with E-state index in [1.807, 2.05) is 11.9 Å². The Morgan fingerprint density at radius 1 is 1.03 bits per heavy atom. The van der Waals surface area contributed by atoms with E-state index in [9.17, 15) is 0 Å². The van der Waals surface area contributed by atoms with Crippen molar-refractivity contribution in [3.8, 4) is 11.5 Å². The molecule has 1 unspecified atom stereocenters. The average Bonchev–Trinajstić information content (AvgIpc) is 3.44. The van der Waals surface area contributed by atoms with Crippen molar-refractivity contribution in [2.75, 3.05) is 19.8 Å². The maximum Gasteiger partial charge on any atom is 0.161 e. The number of rotatable bonds is 6. The fraction of sp³-hybridized carbons (Fsp3) is 0.440. The van der Waals surface area contributed by atoms with Crippen LogP contribution in [0.1, 0.15) is 36.4 Å². The maximum atomic E-state index is 5.91. The van der Waals surface area contributed by atoms with Gasteiger partial charge in [0.2, 0.25) is 0 Å². The van der Waals surface area contributed by atoms with E-state index in [2.05, 4.69) is 69.9 Å². The van der Waals surface area contributed by atoms with Crippen LogP contribution in [0, 0.1) is 0 Å². The van der Waals surface area contributed by atoms with Crippen molar-refractivity contribution >= 4 is 22.9 Å². The quantitative estimate of drug-likeness (QED) is 0.570. The second-order valence-corrected chi connectivity index (χ2v) is 10.1. The van der Waals surface area contributed by atoms with Crippen molar-refractivity contribution in [3.63, 3.8) is 0 Å². The molecule has 3 aliphatic rings. The predicted molar refractivity (Wildman–Crippen MR) is 126 cm³/mol. The van der Waals surface area contributed by atoms with Gasteiger partial charge in [-0.15, -0.1) is 0 Å². The van der Waals surface area contributed by atoms with Crippen LogP contribution in [-0.4, -0.2) is 40.5 Å². The molecule has 2 aromatic carbocycles. The maximum absolute atomic E-state index is 5.91. The molecule has 3 heterocycles. The van der Waals surface area contributed by atoms with Crippen LogP contribution < -0.4 is 14.2 Å². The summed E-state index contributed by atoms with van der Waals surface area (Å²) in [4.78, 5) is 2.64. The number of nitrogens with one attached hydrogen (secondary N) is 1. The van der Waals surface area contributed by atoms with Crippen molar-refractivity contribution in [2.24, 2.45) is 7.05 Å². The number of aryl methyl sites for hydroxylation is 1. The summed E-state index contributed by atoms with van der Waals surface area (Å²) in [6.07, 6.45) is 6.01. The molecule has 0 radical (unpaired) electrons. The topological polar surface area (TPSA) is 38.7 Å². The number of aromatic nitrogens is 1. The van der Waals surface area contributed by atoms with E-state index < -0.39 is 0 Å². The molecule has 0 bridgehead atoms. The second kappa shape index (κ2) is 8.08. The Kier molecular flexibility index (Phi) is 5.09. The van der Waals surface area contributed by atoms with Gasteiger partial charge in [0.1, 0.15) is 13.2 Å². The molecule has 5 nitrogen and oxygen atoms in total. The van der Waals surface area contributed by atoms with Crippen LogP contribution in [-0.2, 0) is 13.6 Å². The van der Waals surface area contributed by atoms with E-state index in [-0.39, 0.29) is 0 Å². The highest BCUT2D eigenvalue weighted by molar-refractivity contribution is 7.98. The lowest BCUT2D eigenvalue weighted by Crippen LogP contribution is -2.33. The first-order valence-corrected chi connectivity index (χ1v) is 12.2. The molecule has 2 aliphatic heterocycles. The first-order chi connectivity index (χ1) is 15.3. The summed E-state index contributed by atoms with van der Waals surface area (Å²) in [5, 5.41) is 2.16. The van der Waals surface area contributed by atoms with Gasteiger partial charge in [-0.2, -0.15) is 0 Å². The Balaban J connectivity index is 1.31. The molecule has 6 heteroatoms. The molecule has 3 aromatic rings. The number of nitrogens with zero attached hydrogens (tertiary/aromatic N) is 2. The van der Waals surface area contributed by atoms with Gasteiger partial charge in [0.25, 0.3) is 0 Å². The van der Waals surface area contributed by atoms with Crippen LogP contribution in [0.3, 0.4) is 0 Å². The van der Waals surface area contributed by atoms with Crippen LogP contribution >= 0.6 is 11.9 Å². The zero-order chi connectivity index (χ0) is 20.8. The number of ether oxygens (including phenoxy) is 2. The van der Waals surface area contributed by atoms with Gasteiger partial charge in [-0.3, -0.25) is 9.62 Å². The van der Waals surface area contributed by atoms with Crippen LogP contribution in [0.5, 0.6) is 11.5 Å². The number of fused-ring (bicyclic) bond motifs is 2. The molecule has 0 amide bonds. The van der Waals surface area contributed by atoms with Gasteiger partial charge in [0.05, 0.1) is 6.04 Å². The third-order valence-corrected chi connectivity index (χ3v) is 7.96. The lowest BCUT2D eigenvalue weighted by molar-refractivity contribution is 0.170. The normalized spacial score (nSPS) is 23.5. The molecule has 31 heavy (non-hydrogen) atoms. The first-order valence-electron chi connectivity index (χ1n) is 11.3. The zero-order valence-corrected chi connectivity index (χ0v) is 18.7. The van der Waals surface area contributed by atoms with E-state index in [0.717, 1.165) is 36.3 Å². The van der Waals surface area contributed by atoms with Gasteiger partial charge in [0, 0.05) is 48.5 Å². The van der Waals surface area contributed by atoms with Crippen LogP contribution in [0.25, 0.3) is 10.9 Å². The fourth-order valence-electron chi connectivity index (χ4n) is 4.94. The molecule has 6 rings (SSSR count). The van der Waals surface area contributed by atoms with E-state index in [0.29, 0.717) is 25.3 Å². The Bertz CT molecular complexity index is 1090. The number of hydrogen-bond acceptors (Lipinski definition) is 5. The molecule has 1 aromatic heterocycles. The second-order valence-electron chi connectivity index (χ2n) is 8.93. The van der Waals surface area contributed by atoms with E-state index in [1.165, 1.54) is 34.9 Å². The van der Waals surface area contributed by atoms with Gasteiger partial charge in [-0.25, -0.2) is 0 Å². The van der Waals surface area contributed by atoms with E-state index in [1.54, 1.807) is 0 Å². The third kappa shape index (κ3) is 3.81. The summed E-state index contributed by atoms with van der Waals surface area (Å²) < 4.78 is 17.7. The molecular weight excluding hydrogens is 406 g/mol. The number of hydrogen-bond donors (Lipinski definition) is 1. The van der Waals surface area contributed by atoms with Gasteiger partial charge >= 0.3 is 0 Å². The predicted octanol–water partition coefficient (Wildman–Crippen LogP) is 4.67. The lowest BCUT2D eigenvalue weighted by Gasteiger charge is -2.30. The van der Waals surface area contributed by atoms with Gasteiger partial charge < -0.3 is 14.0 Å². The first kappa shape index (κ1) is 19.5. The zero-order valence-electron chi connectivity index (χ0n) is 17.9. The molecule has 1 saturated heterocycles. The highest BCUT2D eigenvalue weighted by Gasteiger charge is 2.37. The Morgan fingerprint density at radius 3 is 2.77 bits per heavy atom. The summed E-state index contributed by atoms with van der Waals surface area (Å²) >= 11 is 1.95. The van der Waals surface area contributed by atoms with E-state index >= 15 is 0 Å². The Labute approximate surface area is 187 Å². The summed E-state index contributed by atoms with van der Waals surface area (Å²) in [5.41, 5.74) is 4.01. The third-order valence-electron chi connectivity index (χ3n) is 6.71. The molecule has 2 fully saturated rings. The minimum Gasteiger partial charge on any atom is -0.486 e. The lowest BCUT2D eigenvalue weighted by atomic mass is 9.99. The molecule has 0 spiro atoms. The number of benzene rings is 2. The molecule has 2 atom stereocenters. The largest absolute Gasteiger partial charge is 0.486 e. The number of likely N-dealkylation sites (tertiary alicyclic amines) is 1. The van der Waals surface area contributed by atoms with Crippen molar-refractivity contribution in [1.82, 2.24) is 14.2 Å². The summed E-state index contributed by atoms with van der Waals surface area (Å²) in [6.45, 7) is 3.29. The van der Waals surface area contributed by atoms with Crippen LogP contribution in [0.2, 0.25) is 0 Å². The highest BCUT2D eigenvalue weighted by Crippen LogP contribution is 2.41. The molecule has 1 aliphatic carbocycles. The highest BCUT2D eigenvalue weighted by atomic mass is 32.2. The van der Waals surface area contributed by atoms with Crippen molar-refractivity contribution in [1.29, 1.82) is 0 Å². The van der Waals surface area contributed by atoms with Crippen LogP contribution in [0.4, 0.5) is 0 Å². The summed E-state index contributed by atoms with van der Waals surface area (Å²) in [7, 11) is 2.12. The van der Waals surface area contributed by atoms with Crippen molar-refractivity contribution in [3.05, 3.63) is 59.8 Å². The fourth-order valence-corrected chi connectivity index (χ4v) is 5.92. The van der Waals surface area contributed by atoms with Gasteiger partial charge in [-0.05, 0) is 54.7 Å². The molecular formula is C25H29N3O2S. The smallest absolute Gasteiger partial charge is 0.161 e. The van der Waals surface area contributed by atoms with Crippen molar-refractivity contribution in [2.45, 2.75) is 43.1 Å². The summed E-state index contributed by atoms with van der Waals surface area (Å²) in [5.74, 6) is 1.75. The monoisotopic (exact) mass is 435 g/mol. The van der Waals surface area contributed by atoms with Crippen LogP contribution in [0.15, 0.2) is 48.7 Å². The molecule has 1 saturated carbocycles. The standard InChI is InChI=1S/C25H29N3O2S/c1-27-11-9-20-18(3-2-4-22(20)27)16-28-12-10-21(26-31-19-6-7-19)25(28)17-5-8-23-24(15-17)30-14-13-29-23/h2-5,8-9,11,15,19,21,25-26H,6-7,10,12-14,16H2,1H3/t21?,25-/m1/s1.